The lowest BCUT2D eigenvalue weighted by molar-refractivity contribution is 0.392. The van der Waals surface area contributed by atoms with Gasteiger partial charge in [0.2, 0.25) is 0 Å². The Hall–Kier alpha value is -3.43. The summed E-state index contributed by atoms with van der Waals surface area (Å²) in [6.45, 7) is 6.86. The molecule has 10 heteroatoms. The van der Waals surface area contributed by atoms with Gasteiger partial charge in [-0.25, -0.2) is 8.42 Å². The number of hydrogen-bond acceptors (Lipinski definition) is 6. The molecule has 0 unspecified atom stereocenters. The largest absolute Gasteiger partial charge is 0.359 e. The van der Waals surface area contributed by atoms with E-state index in [9.17, 15) is 13.2 Å². The van der Waals surface area contributed by atoms with Gasteiger partial charge in [-0.3, -0.25) is 9.52 Å². The molecular formula is C23H21ClN4O4S. The topological polar surface area (TPSA) is 107 Å². The molecule has 4 aromatic rings. The van der Waals surface area contributed by atoms with E-state index in [-0.39, 0.29) is 10.5 Å². The summed E-state index contributed by atoms with van der Waals surface area (Å²) in [6.07, 6.45) is 0. The van der Waals surface area contributed by atoms with Crippen molar-refractivity contribution in [2.24, 2.45) is 0 Å². The third-order valence-corrected chi connectivity index (χ3v) is 7.21. The molecule has 0 aliphatic carbocycles. The van der Waals surface area contributed by atoms with Gasteiger partial charge in [-0.1, -0.05) is 35.0 Å². The molecule has 0 fully saturated rings. The normalized spacial score (nSPS) is 11.5. The highest BCUT2D eigenvalue weighted by Gasteiger charge is 2.20. The summed E-state index contributed by atoms with van der Waals surface area (Å²) in [5.41, 5.74) is 3.17. The van der Waals surface area contributed by atoms with Gasteiger partial charge in [-0.15, -0.1) is 0 Å². The third-order valence-electron chi connectivity index (χ3n) is 5.29. The molecule has 2 aromatic carbocycles. The summed E-state index contributed by atoms with van der Waals surface area (Å²) in [5, 5.41) is 8.78. The molecule has 8 nitrogen and oxygen atoms in total. The number of halogens is 1. The molecule has 0 aliphatic rings. The van der Waals surface area contributed by atoms with Crippen LogP contribution in [0.1, 0.15) is 22.6 Å². The van der Waals surface area contributed by atoms with Crippen molar-refractivity contribution in [3.05, 3.63) is 86.5 Å². The van der Waals surface area contributed by atoms with E-state index in [1.165, 1.54) is 16.8 Å². The van der Waals surface area contributed by atoms with Gasteiger partial charge in [-0.2, -0.15) is 9.78 Å². The van der Waals surface area contributed by atoms with Crippen molar-refractivity contribution >= 4 is 27.3 Å². The zero-order chi connectivity index (χ0) is 23.9. The molecule has 0 radical (unpaired) electrons. The van der Waals surface area contributed by atoms with E-state index in [0.29, 0.717) is 50.2 Å². The standard InChI is InChI=1S/C23H21ClN4O4S/c1-13-8-9-17(12-21(13)33(30,31)27-19-7-5-6-18(24)14(19)2)20-10-11-22(29)28(25-20)23-15(3)26-32-16(23)4/h5-12,27H,1-4H3. The van der Waals surface area contributed by atoms with Gasteiger partial charge in [0.15, 0.2) is 5.76 Å². The van der Waals surface area contributed by atoms with Crippen LogP contribution in [0.25, 0.3) is 16.9 Å². The Balaban J connectivity index is 1.79. The molecule has 0 bridgehead atoms. The highest BCUT2D eigenvalue weighted by molar-refractivity contribution is 7.92. The molecule has 170 valence electrons. The molecule has 2 heterocycles. The van der Waals surface area contributed by atoms with Crippen molar-refractivity contribution < 1.29 is 12.9 Å². The van der Waals surface area contributed by atoms with Crippen molar-refractivity contribution in [2.45, 2.75) is 32.6 Å². The van der Waals surface area contributed by atoms with Crippen LogP contribution in [0.2, 0.25) is 5.02 Å². The lowest BCUT2D eigenvalue weighted by Gasteiger charge is -2.14. The van der Waals surface area contributed by atoms with Crippen LogP contribution in [0, 0.1) is 27.7 Å². The Bertz CT molecular complexity index is 1520. The molecule has 0 amide bonds. The lowest BCUT2D eigenvalue weighted by atomic mass is 10.1. The molecule has 0 saturated heterocycles. The van der Waals surface area contributed by atoms with Crippen LogP contribution in [0.4, 0.5) is 5.69 Å². The molecule has 1 N–H and O–H groups in total. The Labute approximate surface area is 195 Å². The maximum Gasteiger partial charge on any atom is 0.271 e. The van der Waals surface area contributed by atoms with Crippen molar-refractivity contribution in [2.75, 3.05) is 4.72 Å². The first kappa shape index (κ1) is 22.8. The predicted octanol–water partition coefficient (Wildman–Crippen LogP) is 4.58. The van der Waals surface area contributed by atoms with Crippen LogP contribution in [-0.2, 0) is 10.0 Å². The van der Waals surface area contributed by atoms with Gasteiger partial charge in [0.1, 0.15) is 11.4 Å². The Kier molecular flexibility index (Phi) is 5.85. The van der Waals surface area contributed by atoms with Crippen LogP contribution in [-0.4, -0.2) is 23.4 Å². The second-order valence-electron chi connectivity index (χ2n) is 7.64. The van der Waals surface area contributed by atoms with Crippen molar-refractivity contribution in [1.29, 1.82) is 0 Å². The average Bonchev–Trinajstić information content (AvgIpc) is 3.10. The van der Waals surface area contributed by atoms with Crippen molar-refractivity contribution in [3.8, 4) is 16.9 Å². The van der Waals surface area contributed by atoms with Crippen LogP contribution in [0.15, 0.2) is 62.7 Å². The smallest absolute Gasteiger partial charge is 0.271 e. The van der Waals surface area contributed by atoms with E-state index >= 15 is 0 Å². The maximum atomic E-state index is 13.2. The summed E-state index contributed by atoms with van der Waals surface area (Å²) in [7, 11) is -3.92. The number of anilines is 1. The summed E-state index contributed by atoms with van der Waals surface area (Å²) in [6, 6.07) is 12.9. The summed E-state index contributed by atoms with van der Waals surface area (Å²) in [5.74, 6) is 0.451. The zero-order valence-corrected chi connectivity index (χ0v) is 20.0. The van der Waals surface area contributed by atoms with Gasteiger partial charge in [0.05, 0.1) is 16.3 Å². The van der Waals surface area contributed by atoms with Gasteiger partial charge in [-0.05, 0) is 63.1 Å². The van der Waals surface area contributed by atoms with Crippen LogP contribution >= 0.6 is 11.6 Å². The van der Waals surface area contributed by atoms with E-state index in [4.69, 9.17) is 16.1 Å². The number of nitrogens with one attached hydrogen (secondary N) is 1. The zero-order valence-electron chi connectivity index (χ0n) is 18.4. The molecule has 0 atom stereocenters. The fourth-order valence-electron chi connectivity index (χ4n) is 3.47. The van der Waals surface area contributed by atoms with Crippen LogP contribution in [0.5, 0.6) is 0 Å². The van der Waals surface area contributed by atoms with E-state index in [0.717, 1.165) is 0 Å². The van der Waals surface area contributed by atoms with Gasteiger partial charge in [0, 0.05) is 16.7 Å². The average molecular weight is 485 g/mol. The van der Waals surface area contributed by atoms with Crippen LogP contribution < -0.4 is 10.3 Å². The Morgan fingerprint density at radius 3 is 2.48 bits per heavy atom. The monoisotopic (exact) mass is 484 g/mol. The number of hydrogen-bond donors (Lipinski definition) is 1. The van der Waals surface area contributed by atoms with Gasteiger partial charge < -0.3 is 4.52 Å². The Morgan fingerprint density at radius 2 is 1.79 bits per heavy atom. The minimum atomic E-state index is -3.92. The minimum Gasteiger partial charge on any atom is -0.359 e. The molecule has 4 rings (SSSR count). The first-order valence-electron chi connectivity index (χ1n) is 10.0. The maximum absolute atomic E-state index is 13.2. The molecule has 0 aliphatic heterocycles. The summed E-state index contributed by atoms with van der Waals surface area (Å²) >= 11 is 6.14. The third kappa shape index (κ3) is 4.29. The quantitative estimate of drug-likeness (QED) is 0.444. The fraction of sp³-hybridized carbons (Fsp3) is 0.174. The van der Waals surface area contributed by atoms with Gasteiger partial charge in [0.25, 0.3) is 15.6 Å². The van der Waals surface area contributed by atoms with E-state index < -0.39 is 10.0 Å². The lowest BCUT2D eigenvalue weighted by Crippen LogP contribution is -2.21. The second kappa shape index (κ2) is 8.49. The number of aromatic nitrogens is 3. The van der Waals surface area contributed by atoms with Crippen molar-refractivity contribution in [3.63, 3.8) is 0 Å². The minimum absolute atomic E-state index is 0.0938. The molecule has 0 saturated carbocycles. The Morgan fingerprint density at radius 1 is 1.03 bits per heavy atom. The molecule has 33 heavy (non-hydrogen) atoms. The number of benzene rings is 2. The highest BCUT2D eigenvalue weighted by Crippen LogP contribution is 2.29. The SMILES string of the molecule is Cc1ccc(-c2ccc(=O)n(-c3c(C)noc3C)n2)cc1S(=O)(=O)Nc1cccc(Cl)c1C. The molecule has 0 spiro atoms. The predicted molar refractivity (Wildman–Crippen MR) is 127 cm³/mol. The van der Waals surface area contributed by atoms with E-state index in [1.807, 2.05) is 0 Å². The number of nitrogens with zero attached hydrogens (tertiary/aromatic N) is 3. The van der Waals surface area contributed by atoms with E-state index in [1.54, 1.807) is 64.1 Å². The second-order valence-corrected chi connectivity index (χ2v) is 9.70. The first-order valence-corrected chi connectivity index (χ1v) is 11.9. The fourth-order valence-corrected chi connectivity index (χ4v) is 5.04. The first-order chi connectivity index (χ1) is 15.6. The van der Waals surface area contributed by atoms with Crippen LogP contribution in [0.3, 0.4) is 0 Å². The summed E-state index contributed by atoms with van der Waals surface area (Å²) < 4.78 is 35.4. The number of sulfonamides is 1. The van der Waals surface area contributed by atoms with E-state index in [2.05, 4.69) is 15.0 Å². The van der Waals surface area contributed by atoms with Crippen molar-refractivity contribution in [1.82, 2.24) is 14.9 Å². The molecular weight excluding hydrogens is 464 g/mol. The number of rotatable bonds is 5. The molecule has 2 aromatic heterocycles. The number of aryl methyl sites for hydroxylation is 3. The van der Waals surface area contributed by atoms with Gasteiger partial charge >= 0.3 is 0 Å². The summed E-state index contributed by atoms with van der Waals surface area (Å²) in [4.78, 5) is 12.6. The highest BCUT2D eigenvalue weighted by atomic mass is 35.5.